The van der Waals surface area contributed by atoms with Gasteiger partial charge in [-0.2, -0.15) is 15.0 Å². The fourth-order valence-electron chi connectivity index (χ4n) is 3.09. The normalized spacial score (nSPS) is 11.0. The van der Waals surface area contributed by atoms with Crippen molar-refractivity contribution in [2.75, 3.05) is 11.9 Å². The van der Waals surface area contributed by atoms with Crippen molar-refractivity contribution < 1.29 is 9.21 Å². The Kier molecular flexibility index (Phi) is 4.99. The number of rotatable bonds is 5. The third-order valence-corrected chi connectivity index (χ3v) is 4.66. The van der Waals surface area contributed by atoms with E-state index in [2.05, 4.69) is 0 Å². The van der Waals surface area contributed by atoms with E-state index in [0.717, 1.165) is 22.5 Å². The maximum atomic E-state index is 12.9. The van der Waals surface area contributed by atoms with Crippen LogP contribution in [0.3, 0.4) is 0 Å². The molecule has 0 unspecified atom stereocenters. The van der Waals surface area contributed by atoms with E-state index >= 15 is 0 Å². The van der Waals surface area contributed by atoms with Crippen LogP contribution in [0.1, 0.15) is 30.2 Å². The summed E-state index contributed by atoms with van der Waals surface area (Å²) in [5.74, 6) is 0.343. The summed E-state index contributed by atoms with van der Waals surface area (Å²) in [6, 6.07) is 21.0. The van der Waals surface area contributed by atoms with E-state index in [1.165, 1.54) is 4.90 Å². The number of furan rings is 1. The molecule has 0 aliphatic carbocycles. The molecular weight excluding hydrogens is 364 g/mol. The molecule has 4 rings (SSSR count). The minimum Gasteiger partial charge on any atom is -0.448 e. The molecule has 2 aromatic carbocycles. The predicted octanol–water partition coefficient (Wildman–Crippen LogP) is 5.06. The lowest BCUT2D eigenvalue weighted by molar-refractivity contribution is 0.0989. The van der Waals surface area contributed by atoms with E-state index in [1.807, 2.05) is 62.4 Å². The van der Waals surface area contributed by atoms with Gasteiger partial charge < -0.3 is 4.42 Å². The number of aromatic nitrogens is 3. The molecule has 0 saturated carbocycles. The van der Waals surface area contributed by atoms with Gasteiger partial charge in [-0.25, -0.2) is 0 Å². The van der Waals surface area contributed by atoms with Gasteiger partial charge in [0.2, 0.25) is 5.88 Å². The smallest absolute Gasteiger partial charge is 0.260 e. The molecule has 2 aromatic heterocycles. The second-order valence-corrected chi connectivity index (χ2v) is 7.07. The van der Waals surface area contributed by atoms with E-state index < -0.39 is 0 Å². The Balaban J connectivity index is 1.76. The van der Waals surface area contributed by atoms with Crippen LogP contribution >= 0.6 is 0 Å². The number of nitrogens with zero attached hydrogens (tertiary/aromatic N) is 4. The summed E-state index contributed by atoms with van der Waals surface area (Å²) in [5.41, 5.74) is 3.93. The number of benzene rings is 2. The molecule has 0 aliphatic rings. The van der Waals surface area contributed by atoms with Crippen LogP contribution in [0, 0.1) is 0 Å². The second kappa shape index (κ2) is 7.75. The molecule has 0 bridgehead atoms. The van der Waals surface area contributed by atoms with Gasteiger partial charge in [0.1, 0.15) is 11.4 Å². The van der Waals surface area contributed by atoms with Crippen molar-refractivity contribution in [1.29, 1.82) is 0 Å². The summed E-state index contributed by atoms with van der Waals surface area (Å²) >= 11 is 0. The van der Waals surface area contributed by atoms with Crippen LogP contribution in [-0.4, -0.2) is 27.9 Å². The van der Waals surface area contributed by atoms with Crippen molar-refractivity contribution in [3.05, 3.63) is 78.6 Å². The van der Waals surface area contributed by atoms with Crippen LogP contribution in [0.5, 0.6) is 0 Å². The lowest BCUT2D eigenvalue weighted by Crippen LogP contribution is -2.25. The fraction of sp³-hybridized carbons (Fsp3) is 0.174. The van der Waals surface area contributed by atoms with Gasteiger partial charge in [-0.1, -0.05) is 42.5 Å². The van der Waals surface area contributed by atoms with Crippen LogP contribution in [0.15, 0.2) is 77.4 Å². The van der Waals surface area contributed by atoms with Crippen molar-refractivity contribution in [1.82, 2.24) is 15.0 Å². The SMILES string of the molecule is CC(C)n1nc(-c2ccccc2)c(-c2cccc(C(=O)N(C)c3ccco3)c2)n1. The average molecular weight is 386 g/mol. The first-order valence-electron chi connectivity index (χ1n) is 9.49. The van der Waals surface area contributed by atoms with Crippen LogP contribution in [0.2, 0.25) is 0 Å². The Bertz CT molecular complexity index is 1120. The summed E-state index contributed by atoms with van der Waals surface area (Å²) < 4.78 is 5.34. The van der Waals surface area contributed by atoms with E-state index in [9.17, 15) is 4.79 Å². The molecule has 0 radical (unpaired) electrons. The lowest BCUT2D eigenvalue weighted by atomic mass is 10.0. The molecule has 4 aromatic rings. The van der Waals surface area contributed by atoms with E-state index in [1.54, 1.807) is 36.3 Å². The van der Waals surface area contributed by atoms with Gasteiger partial charge >= 0.3 is 0 Å². The highest BCUT2D eigenvalue weighted by molar-refractivity contribution is 6.05. The monoisotopic (exact) mass is 386 g/mol. The number of carbonyl (C=O) groups is 1. The van der Waals surface area contributed by atoms with E-state index in [-0.39, 0.29) is 11.9 Å². The van der Waals surface area contributed by atoms with Crippen molar-refractivity contribution in [2.45, 2.75) is 19.9 Å². The predicted molar refractivity (Wildman–Crippen MR) is 113 cm³/mol. The molecule has 0 saturated heterocycles. The maximum Gasteiger partial charge on any atom is 0.260 e. The molecule has 1 amide bonds. The Morgan fingerprint density at radius 1 is 0.931 bits per heavy atom. The van der Waals surface area contributed by atoms with Gasteiger partial charge in [0.05, 0.1) is 12.3 Å². The molecule has 0 N–H and O–H groups in total. The molecule has 0 fully saturated rings. The Morgan fingerprint density at radius 2 is 1.62 bits per heavy atom. The molecule has 0 spiro atoms. The Labute approximate surface area is 169 Å². The summed E-state index contributed by atoms with van der Waals surface area (Å²) in [6.07, 6.45) is 1.55. The fourth-order valence-corrected chi connectivity index (χ4v) is 3.09. The zero-order valence-corrected chi connectivity index (χ0v) is 16.6. The van der Waals surface area contributed by atoms with Crippen LogP contribution in [-0.2, 0) is 0 Å². The molecule has 6 nitrogen and oxygen atoms in total. The zero-order chi connectivity index (χ0) is 20.4. The minimum atomic E-state index is -0.153. The first-order valence-corrected chi connectivity index (χ1v) is 9.49. The lowest BCUT2D eigenvalue weighted by Gasteiger charge is -2.14. The first-order chi connectivity index (χ1) is 14.0. The van der Waals surface area contributed by atoms with Crippen molar-refractivity contribution in [3.8, 4) is 22.5 Å². The van der Waals surface area contributed by atoms with Crippen LogP contribution in [0.4, 0.5) is 5.88 Å². The largest absolute Gasteiger partial charge is 0.448 e. The van der Waals surface area contributed by atoms with Gasteiger partial charge in [0.15, 0.2) is 0 Å². The Morgan fingerprint density at radius 3 is 2.28 bits per heavy atom. The minimum absolute atomic E-state index is 0.126. The van der Waals surface area contributed by atoms with Gasteiger partial charge in [-0.15, -0.1) is 0 Å². The summed E-state index contributed by atoms with van der Waals surface area (Å²) in [6.45, 7) is 4.08. The summed E-state index contributed by atoms with van der Waals surface area (Å²) in [4.78, 5) is 16.1. The maximum absolute atomic E-state index is 12.9. The number of anilines is 1. The van der Waals surface area contributed by atoms with Gasteiger partial charge in [-0.3, -0.25) is 9.69 Å². The van der Waals surface area contributed by atoms with E-state index in [4.69, 9.17) is 14.6 Å². The highest BCUT2D eigenvalue weighted by atomic mass is 16.3. The number of hydrogen-bond donors (Lipinski definition) is 0. The van der Waals surface area contributed by atoms with Crippen molar-refractivity contribution >= 4 is 11.8 Å². The van der Waals surface area contributed by atoms with Gasteiger partial charge in [0.25, 0.3) is 5.91 Å². The van der Waals surface area contributed by atoms with Gasteiger partial charge in [-0.05, 0) is 32.0 Å². The molecule has 2 heterocycles. The Hall–Kier alpha value is -3.67. The highest BCUT2D eigenvalue weighted by Gasteiger charge is 2.20. The molecule has 0 aliphatic heterocycles. The second-order valence-electron chi connectivity index (χ2n) is 7.07. The number of amides is 1. The molecular formula is C23H22N4O2. The van der Waals surface area contributed by atoms with Crippen LogP contribution < -0.4 is 4.90 Å². The molecule has 0 atom stereocenters. The third-order valence-electron chi connectivity index (χ3n) is 4.66. The van der Waals surface area contributed by atoms with Crippen LogP contribution in [0.25, 0.3) is 22.5 Å². The van der Waals surface area contributed by atoms with E-state index in [0.29, 0.717) is 11.4 Å². The standard InChI is InChI=1S/C23H22N4O2/c1-16(2)27-24-21(17-9-5-4-6-10-17)22(25-27)18-11-7-12-19(15-18)23(28)26(3)20-13-8-14-29-20/h4-16H,1-3H3. The zero-order valence-electron chi connectivity index (χ0n) is 16.6. The molecule has 146 valence electrons. The highest BCUT2D eigenvalue weighted by Crippen LogP contribution is 2.30. The topological polar surface area (TPSA) is 64.2 Å². The summed E-state index contributed by atoms with van der Waals surface area (Å²) in [5, 5.41) is 9.42. The molecule has 29 heavy (non-hydrogen) atoms. The first kappa shape index (κ1) is 18.7. The van der Waals surface area contributed by atoms with Gasteiger partial charge in [0, 0.05) is 29.8 Å². The van der Waals surface area contributed by atoms with Crippen molar-refractivity contribution in [2.24, 2.45) is 0 Å². The quantitative estimate of drug-likeness (QED) is 0.481. The third kappa shape index (κ3) is 3.69. The number of carbonyl (C=O) groups excluding carboxylic acids is 1. The number of hydrogen-bond acceptors (Lipinski definition) is 4. The molecule has 6 heteroatoms. The summed E-state index contributed by atoms with van der Waals surface area (Å²) in [7, 11) is 1.69. The average Bonchev–Trinajstić information content (AvgIpc) is 3.44. The van der Waals surface area contributed by atoms with Crippen molar-refractivity contribution in [3.63, 3.8) is 0 Å².